The zero-order chi connectivity index (χ0) is 19.6. The Balaban J connectivity index is 1.85. The molecule has 0 radical (unpaired) electrons. The molecule has 0 saturated carbocycles. The van der Waals surface area contributed by atoms with Gasteiger partial charge in [0.15, 0.2) is 5.82 Å². The second-order valence-corrected chi connectivity index (χ2v) is 7.48. The Morgan fingerprint density at radius 3 is 2.81 bits per heavy atom. The van der Waals surface area contributed by atoms with Crippen LogP contribution in [-0.4, -0.2) is 47.2 Å². The quantitative estimate of drug-likeness (QED) is 0.460. The van der Waals surface area contributed by atoms with Crippen LogP contribution in [0.2, 0.25) is 5.02 Å². The van der Waals surface area contributed by atoms with E-state index in [1.807, 2.05) is 20.2 Å². The van der Waals surface area contributed by atoms with Crippen LogP contribution in [0.15, 0.2) is 40.6 Å². The smallest absolute Gasteiger partial charge is 0.155 e. The van der Waals surface area contributed by atoms with Crippen LogP contribution in [-0.2, 0) is 12.8 Å². The fourth-order valence-electron chi connectivity index (χ4n) is 3.34. The maximum atomic E-state index is 13.4. The Morgan fingerprint density at radius 1 is 1.37 bits per heavy atom. The Kier molecular flexibility index (Phi) is 5.87. The van der Waals surface area contributed by atoms with Gasteiger partial charge in [0.25, 0.3) is 0 Å². The molecular weight excluding hydrogens is 367 g/mol. The topological polar surface area (TPSA) is 61.1 Å². The van der Waals surface area contributed by atoms with E-state index in [4.69, 9.17) is 11.6 Å². The number of nitrogens with zero attached hydrogens (tertiary/aromatic N) is 4. The molecule has 1 aromatic heterocycles. The Labute approximate surface area is 163 Å². The highest BCUT2D eigenvalue weighted by Gasteiger charge is 2.25. The van der Waals surface area contributed by atoms with E-state index in [-0.39, 0.29) is 5.02 Å². The fraction of sp³-hybridized carbons (Fsp3) is 0.350. The van der Waals surface area contributed by atoms with Gasteiger partial charge in [0.05, 0.1) is 10.7 Å². The number of aliphatic imine (C=N–C) groups is 1. The van der Waals surface area contributed by atoms with Gasteiger partial charge in [0.1, 0.15) is 5.82 Å². The predicted octanol–water partition coefficient (Wildman–Crippen LogP) is 4.12. The third-order valence-corrected chi connectivity index (χ3v) is 4.93. The van der Waals surface area contributed by atoms with Crippen LogP contribution in [0.3, 0.4) is 0 Å². The van der Waals surface area contributed by atoms with Gasteiger partial charge >= 0.3 is 0 Å². The third kappa shape index (κ3) is 4.34. The number of fused-ring (bicyclic) bond motifs is 1. The molecule has 2 heterocycles. The number of pyridine rings is 1. The molecule has 0 bridgehead atoms. The zero-order valence-electron chi connectivity index (χ0n) is 15.6. The first-order valence-corrected chi connectivity index (χ1v) is 9.12. The Hall–Kier alpha value is -2.31. The van der Waals surface area contributed by atoms with Crippen molar-refractivity contribution in [2.24, 2.45) is 16.1 Å². The van der Waals surface area contributed by atoms with Crippen LogP contribution in [0, 0.1) is 11.7 Å². The molecule has 1 unspecified atom stereocenters. The lowest BCUT2D eigenvalue weighted by atomic mass is 9.94. The van der Waals surface area contributed by atoms with Gasteiger partial charge in [-0.05, 0) is 37.9 Å². The van der Waals surface area contributed by atoms with Gasteiger partial charge in [-0.2, -0.15) is 0 Å². The first kappa shape index (κ1) is 19.5. The van der Waals surface area contributed by atoms with E-state index < -0.39 is 5.82 Å². The van der Waals surface area contributed by atoms with Gasteiger partial charge in [0.2, 0.25) is 0 Å². The lowest BCUT2D eigenvalue weighted by molar-refractivity contribution is 0.318. The normalized spacial score (nSPS) is 15.0. The molecule has 0 spiro atoms. The van der Waals surface area contributed by atoms with E-state index >= 15 is 0 Å². The number of hydrogen-bond acceptors (Lipinski definition) is 5. The Morgan fingerprint density at radius 2 is 2.15 bits per heavy atom. The van der Waals surface area contributed by atoms with Crippen LogP contribution in [0.5, 0.6) is 0 Å². The number of oxime groups is 1. The molecule has 2 aromatic rings. The van der Waals surface area contributed by atoms with Gasteiger partial charge in [-0.15, -0.1) is 0 Å². The van der Waals surface area contributed by atoms with Crippen molar-refractivity contribution in [1.82, 2.24) is 9.88 Å². The molecule has 0 aliphatic carbocycles. The summed E-state index contributed by atoms with van der Waals surface area (Å²) in [5.74, 6) is 0.500. The number of hydrogen-bond donors (Lipinski definition) is 1. The van der Waals surface area contributed by atoms with Crippen molar-refractivity contribution in [3.05, 3.63) is 58.0 Å². The second-order valence-electron chi connectivity index (χ2n) is 7.08. The van der Waals surface area contributed by atoms with E-state index in [0.717, 1.165) is 28.9 Å². The molecule has 5 nitrogen and oxygen atoms in total. The molecule has 1 aromatic carbocycles. The minimum Gasteiger partial charge on any atom is -0.411 e. The monoisotopic (exact) mass is 388 g/mol. The standard InChI is InChI=1S/C20H22ClFN4O/c1-12(11-26(2)3)18-10-15-14(6-7-23-20(15)24-18)19(25-27)9-13-4-5-17(22)16(21)8-13/h4-8,12,27H,9-11H2,1-3H3/b25-19+. The van der Waals surface area contributed by atoms with Crippen molar-refractivity contribution in [1.29, 1.82) is 0 Å². The van der Waals surface area contributed by atoms with E-state index in [0.29, 0.717) is 30.3 Å². The average molecular weight is 389 g/mol. The lowest BCUT2D eigenvalue weighted by Crippen LogP contribution is -2.26. The highest BCUT2D eigenvalue weighted by molar-refractivity contribution is 6.30. The van der Waals surface area contributed by atoms with Gasteiger partial charge in [-0.25, -0.2) is 14.4 Å². The molecule has 142 valence electrons. The summed E-state index contributed by atoms with van der Waals surface area (Å²) < 4.78 is 13.4. The van der Waals surface area contributed by atoms with Crippen LogP contribution in [0.4, 0.5) is 10.2 Å². The van der Waals surface area contributed by atoms with Gasteiger partial charge in [-0.1, -0.05) is 29.7 Å². The second kappa shape index (κ2) is 8.15. The molecule has 0 fully saturated rings. The maximum absolute atomic E-state index is 13.4. The van der Waals surface area contributed by atoms with E-state index in [2.05, 4.69) is 27.0 Å². The van der Waals surface area contributed by atoms with Crippen LogP contribution in [0.25, 0.3) is 0 Å². The first-order valence-electron chi connectivity index (χ1n) is 8.74. The zero-order valence-corrected chi connectivity index (χ0v) is 16.3. The fourth-order valence-corrected chi connectivity index (χ4v) is 3.55. The van der Waals surface area contributed by atoms with Crippen molar-refractivity contribution < 1.29 is 9.60 Å². The number of benzene rings is 1. The summed E-state index contributed by atoms with van der Waals surface area (Å²) in [6.45, 7) is 3.04. The van der Waals surface area contributed by atoms with Crippen molar-refractivity contribution in [3.63, 3.8) is 0 Å². The number of rotatable bonds is 6. The van der Waals surface area contributed by atoms with Crippen molar-refractivity contribution in [3.8, 4) is 0 Å². The molecule has 0 amide bonds. The summed E-state index contributed by atoms with van der Waals surface area (Å²) in [5, 5.41) is 13.1. The summed E-state index contributed by atoms with van der Waals surface area (Å²) >= 11 is 5.87. The third-order valence-electron chi connectivity index (χ3n) is 4.64. The SMILES string of the molecule is CC(CN(C)C)C1=Nc2nccc(/C(Cc3ccc(F)c(Cl)c3)=N/O)c2C1. The molecule has 1 atom stereocenters. The summed E-state index contributed by atoms with van der Waals surface area (Å²) in [5.41, 5.74) is 4.08. The molecule has 1 aliphatic rings. The van der Waals surface area contributed by atoms with Gasteiger partial charge in [-0.3, -0.25) is 0 Å². The molecule has 1 aliphatic heterocycles. The van der Waals surface area contributed by atoms with Crippen molar-refractivity contribution in [2.45, 2.75) is 19.8 Å². The number of aromatic nitrogens is 1. The minimum absolute atomic E-state index is 0.0490. The highest BCUT2D eigenvalue weighted by Crippen LogP contribution is 2.30. The largest absolute Gasteiger partial charge is 0.411 e. The van der Waals surface area contributed by atoms with Crippen molar-refractivity contribution in [2.75, 3.05) is 20.6 Å². The van der Waals surface area contributed by atoms with Gasteiger partial charge in [0, 0.05) is 48.3 Å². The summed E-state index contributed by atoms with van der Waals surface area (Å²) in [6, 6.07) is 6.32. The van der Waals surface area contributed by atoms with Crippen LogP contribution in [0.1, 0.15) is 23.6 Å². The average Bonchev–Trinajstić information content (AvgIpc) is 3.06. The molecule has 0 saturated heterocycles. The first-order chi connectivity index (χ1) is 12.9. The van der Waals surface area contributed by atoms with Gasteiger partial charge < -0.3 is 10.1 Å². The Bertz CT molecular complexity index is 911. The van der Waals surface area contributed by atoms with Crippen molar-refractivity contribution >= 4 is 28.8 Å². The van der Waals surface area contributed by atoms with Crippen LogP contribution < -0.4 is 0 Å². The maximum Gasteiger partial charge on any atom is 0.155 e. The molecule has 7 heteroatoms. The summed E-state index contributed by atoms with van der Waals surface area (Å²) in [6.07, 6.45) is 2.67. The molecule has 3 rings (SSSR count). The van der Waals surface area contributed by atoms with E-state index in [9.17, 15) is 9.60 Å². The number of halogens is 2. The van der Waals surface area contributed by atoms with E-state index in [1.165, 1.54) is 6.07 Å². The molecular formula is C20H22ClFN4O. The predicted molar refractivity (Wildman–Crippen MR) is 106 cm³/mol. The minimum atomic E-state index is -0.472. The summed E-state index contributed by atoms with van der Waals surface area (Å²) in [7, 11) is 4.07. The lowest BCUT2D eigenvalue weighted by Gasteiger charge is -2.16. The molecule has 27 heavy (non-hydrogen) atoms. The molecule has 1 N–H and O–H groups in total. The summed E-state index contributed by atoms with van der Waals surface area (Å²) in [4.78, 5) is 11.2. The van der Waals surface area contributed by atoms with Crippen LogP contribution >= 0.6 is 11.6 Å². The van der Waals surface area contributed by atoms with E-state index in [1.54, 1.807) is 18.3 Å². The highest BCUT2D eigenvalue weighted by atomic mass is 35.5.